The van der Waals surface area contributed by atoms with Crippen molar-refractivity contribution in [1.82, 2.24) is 10.4 Å². The zero-order chi connectivity index (χ0) is 10.2. The molecule has 13 heavy (non-hydrogen) atoms. The minimum atomic E-state index is -2.41. The van der Waals surface area contributed by atoms with E-state index in [9.17, 15) is 8.78 Å². The topological polar surface area (TPSA) is 15.3 Å². The van der Waals surface area contributed by atoms with Crippen molar-refractivity contribution in [3.05, 3.63) is 0 Å². The number of hydrogen-bond acceptors (Lipinski definition) is 2. The van der Waals surface area contributed by atoms with E-state index in [4.69, 9.17) is 0 Å². The van der Waals surface area contributed by atoms with Crippen LogP contribution in [0.2, 0.25) is 0 Å². The van der Waals surface area contributed by atoms with Gasteiger partial charge in [0.25, 0.3) is 0 Å². The van der Waals surface area contributed by atoms with Crippen LogP contribution in [0.15, 0.2) is 0 Å². The van der Waals surface area contributed by atoms with Gasteiger partial charge in [-0.05, 0) is 18.8 Å². The largest absolute Gasteiger partial charge is 0.307 e. The number of alkyl halides is 2. The molecular formula is C9H18F2N2. The number of hydrogen-bond donors (Lipinski definition) is 1. The molecule has 1 aliphatic rings. The molecule has 1 saturated heterocycles. The summed E-state index contributed by atoms with van der Waals surface area (Å²) in [7, 11) is 0. The molecule has 0 bridgehead atoms. The number of nitrogens with one attached hydrogen (secondary N) is 1. The standard InChI is InChI=1S/C9H18F2N2/c1-6-5-7(9(2,3)4)13(12-6)8(10)11/h6-8,12H,5H2,1-4H3. The van der Waals surface area contributed by atoms with Gasteiger partial charge in [0.05, 0.1) is 0 Å². The molecule has 1 aliphatic heterocycles. The van der Waals surface area contributed by atoms with Crippen LogP contribution in [-0.2, 0) is 0 Å². The Morgan fingerprint density at radius 3 is 2.23 bits per heavy atom. The summed E-state index contributed by atoms with van der Waals surface area (Å²) >= 11 is 0. The average Bonchev–Trinajstić information content (AvgIpc) is 2.29. The molecule has 2 nitrogen and oxygen atoms in total. The zero-order valence-electron chi connectivity index (χ0n) is 8.64. The van der Waals surface area contributed by atoms with Gasteiger partial charge in [-0.25, -0.2) is 5.43 Å². The summed E-state index contributed by atoms with van der Waals surface area (Å²) in [6.45, 7) is 5.50. The molecule has 1 fully saturated rings. The van der Waals surface area contributed by atoms with Gasteiger partial charge in [0.15, 0.2) is 0 Å². The summed E-state index contributed by atoms with van der Waals surface area (Å²) in [5.74, 6) is 0. The minimum absolute atomic E-state index is 0.0810. The number of halogens is 2. The van der Waals surface area contributed by atoms with Gasteiger partial charge in [-0.1, -0.05) is 20.8 Å². The fraction of sp³-hybridized carbons (Fsp3) is 1.00. The maximum absolute atomic E-state index is 12.6. The maximum Gasteiger partial charge on any atom is 0.307 e. The third-order valence-corrected chi connectivity index (χ3v) is 2.49. The van der Waals surface area contributed by atoms with Crippen LogP contribution >= 0.6 is 0 Å². The van der Waals surface area contributed by atoms with Crippen molar-refractivity contribution in [2.45, 2.75) is 52.7 Å². The summed E-state index contributed by atoms with van der Waals surface area (Å²) in [4.78, 5) is 0. The third-order valence-electron chi connectivity index (χ3n) is 2.49. The van der Waals surface area contributed by atoms with E-state index in [0.29, 0.717) is 0 Å². The van der Waals surface area contributed by atoms with Gasteiger partial charge in [0, 0.05) is 12.1 Å². The van der Waals surface area contributed by atoms with Crippen LogP contribution in [0.4, 0.5) is 8.78 Å². The van der Waals surface area contributed by atoms with Gasteiger partial charge in [-0.15, -0.1) is 0 Å². The molecule has 0 saturated carbocycles. The monoisotopic (exact) mass is 192 g/mol. The highest BCUT2D eigenvalue weighted by Crippen LogP contribution is 2.32. The first kappa shape index (κ1) is 10.9. The second-order valence-corrected chi connectivity index (χ2v) is 4.83. The molecule has 0 amide bonds. The van der Waals surface area contributed by atoms with Gasteiger partial charge in [-0.2, -0.15) is 13.8 Å². The third kappa shape index (κ3) is 2.38. The Morgan fingerprint density at radius 1 is 1.38 bits per heavy atom. The summed E-state index contributed by atoms with van der Waals surface area (Å²) < 4.78 is 25.1. The molecule has 0 aromatic rings. The van der Waals surface area contributed by atoms with Crippen molar-refractivity contribution < 1.29 is 8.78 Å². The van der Waals surface area contributed by atoms with E-state index in [0.717, 1.165) is 11.4 Å². The Morgan fingerprint density at radius 2 is 1.92 bits per heavy atom. The predicted molar refractivity (Wildman–Crippen MR) is 48.3 cm³/mol. The predicted octanol–water partition coefficient (Wildman–Crippen LogP) is 2.22. The molecule has 1 rings (SSSR count). The Balaban J connectivity index is 2.72. The molecule has 0 aliphatic carbocycles. The fourth-order valence-corrected chi connectivity index (χ4v) is 1.81. The molecular weight excluding hydrogens is 174 g/mol. The Labute approximate surface area is 78.3 Å². The Kier molecular flexibility index (Phi) is 2.92. The molecule has 2 unspecified atom stereocenters. The van der Waals surface area contributed by atoms with E-state index in [-0.39, 0.29) is 17.5 Å². The second-order valence-electron chi connectivity index (χ2n) is 4.83. The highest BCUT2D eigenvalue weighted by molar-refractivity contribution is 4.89. The van der Waals surface area contributed by atoms with E-state index < -0.39 is 6.55 Å². The second kappa shape index (κ2) is 3.50. The molecule has 1 heterocycles. The van der Waals surface area contributed by atoms with Crippen LogP contribution in [-0.4, -0.2) is 23.6 Å². The van der Waals surface area contributed by atoms with Crippen molar-refractivity contribution in [2.75, 3.05) is 0 Å². The molecule has 0 aromatic carbocycles. The van der Waals surface area contributed by atoms with Gasteiger partial charge < -0.3 is 0 Å². The highest BCUT2D eigenvalue weighted by Gasteiger charge is 2.41. The first-order valence-corrected chi connectivity index (χ1v) is 4.65. The molecule has 0 spiro atoms. The lowest BCUT2D eigenvalue weighted by Crippen LogP contribution is -2.47. The van der Waals surface area contributed by atoms with Crippen LogP contribution in [0.1, 0.15) is 34.1 Å². The van der Waals surface area contributed by atoms with Crippen LogP contribution in [0.5, 0.6) is 0 Å². The average molecular weight is 192 g/mol. The summed E-state index contributed by atoms with van der Waals surface area (Å²) in [5, 5.41) is 1.09. The van der Waals surface area contributed by atoms with E-state index >= 15 is 0 Å². The number of hydrazine groups is 1. The maximum atomic E-state index is 12.6. The molecule has 0 aromatic heterocycles. The van der Waals surface area contributed by atoms with Gasteiger partial charge in [0.2, 0.25) is 0 Å². The zero-order valence-corrected chi connectivity index (χ0v) is 8.64. The lowest BCUT2D eigenvalue weighted by atomic mass is 9.84. The molecule has 0 radical (unpaired) electrons. The fourth-order valence-electron chi connectivity index (χ4n) is 1.81. The number of rotatable bonds is 1. The van der Waals surface area contributed by atoms with E-state index in [2.05, 4.69) is 5.43 Å². The minimum Gasteiger partial charge on any atom is -0.247 e. The number of nitrogens with zero attached hydrogens (tertiary/aromatic N) is 1. The van der Waals surface area contributed by atoms with Gasteiger partial charge >= 0.3 is 6.55 Å². The van der Waals surface area contributed by atoms with E-state index in [1.54, 1.807) is 0 Å². The van der Waals surface area contributed by atoms with Gasteiger partial charge in [-0.3, -0.25) is 0 Å². The van der Waals surface area contributed by atoms with Crippen LogP contribution in [0.25, 0.3) is 0 Å². The Hall–Kier alpha value is -0.220. The summed E-state index contributed by atoms with van der Waals surface area (Å²) in [6, 6.07) is 0.0701. The quantitative estimate of drug-likeness (QED) is 0.641. The first-order chi connectivity index (χ1) is 5.82. The normalized spacial score (nSPS) is 31.6. The van der Waals surface area contributed by atoms with Crippen LogP contribution in [0, 0.1) is 5.41 Å². The highest BCUT2D eigenvalue weighted by atomic mass is 19.3. The smallest absolute Gasteiger partial charge is 0.247 e. The van der Waals surface area contributed by atoms with Gasteiger partial charge in [0.1, 0.15) is 0 Å². The van der Waals surface area contributed by atoms with Crippen LogP contribution in [0.3, 0.4) is 0 Å². The summed E-state index contributed by atoms with van der Waals surface area (Å²) in [5.41, 5.74) is 2.69. The molecule has 2 atom stereocenters. The van der Waals surface area contributed by atoms with Crippen molar-refractivity contribution in [3.8, 4) is 0 Å². The molecule has 4 heteroatoms. The van der Waals surface area contributed by atoms with Crippen molar-refractivity contribution >= 4 is 0 Å². The van der Waals surface area contributed by atoms with Crippen molar-refractivity contribution in [2.24, 2.45) is 5.41 Å². The first-order valence-electron chi connectivity index (χ1n) is 4.65. The van der Waals surface area contributed by atoms with Crippen LogP contribution < -0.4 is 5.43 Å². The van der Waals surface area contributed by atoms with E-state index in [1.807, 2.05) is 27.7 Å². The lowest BCUT2D eigenvalue weighted by Gasteiger charge is -2.33. The van der Waals surface area contributed by atoms with Crippen molar-refractivity contribution in [3.63, 3.8) is 0 Å². The summed E-state index contributed by atoms with van der Waals surface area (Å²) in [6.07, 6.45) is 0.786. The Bertz CT molecular complexity index is 177. The van der Waals surface area contributed by atoms with E-state index in [1.165, 1.54) is 0 Å². The molecule has 78 valence electrons. The molecule has 1 N–H and O–H groups in total. The lowest BCUT2D eigenvalue weighted by molar-refractivity contribution is -0.0885. The SMILES string of the molecule is CC1CC(C(C)(C)C)N(C(F)F)N1. The van der Waals surface area contributed by atoms with Crippen molar-refractivity contribution in [1.29, 1.82) is 0 Å².